The van der Waals surface area contributed by atoms with Gasteiger partial charge < -0.3 is 5.73 Å². The zero-order valence-corrected chi connectivity index (χ0v) is 9.72. The molecule has 0 heterocycles. The molecular weight excluding hydrogens is 174 g/mol. The van der Waals surface area contributed by atoms with Crippen LogP contribution in [-0.4, -0.2) is 5.91 Å². The number of unbranched alkanes of at least 4 members (excludes halogenated alkanes) is 3. The Balaban J connectivity index is 3.56. The maximum absolute atomic E-state index is 10.8. The first-order valence-corrected chi connectivity index (χ1v) is 5.99. The molecule has 0 saturated carbocycles. The fraction of sp³-hybridized carbons (Fsp3) is 0.917. The molecule has 0 aromatic heterocycles. The summed E-state index contributed by atoms with van der Waals surface area (Å²) in [6.45, 7) is 4.38. The molecule has 1 atom stereocenters. The van der Waals surface area contributed by atoms with E-state index < -0.39 is 0 Å². The predicted molar refractivity (Wildman–Crippen MR) is 61.0 cm³/mol. The van der Waals surface area contributed by atoms with Crippen molar-refractivity contribution in [2.75, 3.05) is 0 Å². The molecule has 0 spiro atoms. The fourth-order valence-corrected chi connectivity index (χ4v) is 1.90. The summed E-state index contributed by atoms with van der Waals surface area (Å²) in [5.74, 6) is 0.397. The summed E-state index contributed by atoms with van der Waals surface area (Å²) >= 11 is 0. The maximum Gasteiger partial charge on any atom is 0.217 e. The van der Waals surface area contributed by atoms with Crippen LogP contribution in [0.15, 0.2) is 0 Å². The molecule has 0 radical (unpaired) electrons. The van der Waals surface area contributed by atoms with Gasteiger partial charge in [-0.15, -0.1) is 0 Å². The van der Waals surface area contributed by atoms with Crippen LogP contribution in [-0.2, 0) is 4.79 Å². The van der Waals surface area contributed by atoms with Crippen LogP contribution in [0.2, 0.25) is 0 Å². The lowest BCUT2D eigenvalue weighted by Crippen LogP contribution is -2.16. The first kappa shape index (κ1) is 13.5. The summed E-state index contributed by atoms with van der Waals surface area (Å²) in [7, 11) is 0. The number of primary amides is 1. The number of carbonyl (C=O) groups excluding carboxylic acids is 1. The monoisotopic (exact) mass is 199 g/mol. The minimum atomic E-state index is -0.140. The fourth-order valence-electron chi connectivity index (χ4n) is 1.90. The average molecular weight is 199 g/mol. The van der Waals surface area contributed by atoms with Gasteiger partial charge in [-0.2, -0.15) is 0 Å². The van der Waals surface area contributed by atoms with E-state index in [0.717, 1.165) is 12.8 Å². The Labute approximate surface area is 88.3 Å². The highest BCUT2D eigenvalue weighted by Crippen LogP contribution is 2.19. The van der Waals surface area contributed by atoms with Gasteiger partial charge >= 0.3 is 0 Å². The zero-order chi connectivity index (χ0) is 10.8. The van der Waals surface area contributed by atoms with Crippen molar-refractivity contribution >= 4 is 5.91 Å². The number of hydrogen-bond donors (Lipinski definition) is 1. The van der Waals surface area contributed by atoms with Gasteiger partial charge in [-0.1, -0.05) is 52.4 Å². The molecule has 0 aliphatic carbocycles. The van der Waals surface area contributed by atoms with Crippen LogP contribution >= 0.6 is 0 Å². The lowest BCUT2D eigenvalue weighted by Gasteiger charge is -2.13. The summed E-state index contributed by atoms with van der Waals surface area (Å²) in [5.41, 5.74) is 5.22. The van der Waals surface area contributed by atoms with Gasteiger partial charge in [0, 0.05) is 6.42 Å². The Hall–Kier alpha value is -0.530. The Morgan fingerprint density at radius 3 is 2.29 bits per heavy atom. The van der Waals surface area contributed by atoms with E-state index in [1.807, 2.05) is 0 Å². The second-order valence-electron chi connectivity index (χ2n) is 4.17. The van der Waals surface area contributed by atoms with E-state index in [-0.39, 0.29) is 5.91 Å². The molecule has 0 bridgehead atoms. The van der Waals surface area contributed by atoms with Gasteiger partial charge in [-0.25, -0.2) is 0 Å². The van der Waals surface area contributed by atoms with Gasteiger partial charge in [0.15, 0.2) is 0 Å². The maximum atomic E-state index is 10.8. The van der Waals surface area contributed by atoms with Gasteiger partial charge in [0.25, 0.3) is 0 Å². The normalized spacial score (nSPS) is 12.7. The summed E-state index contributed by atoms with van der Waals surface area (Å²) in [4.78, 5) is 10.8. The van der Waals surface area contributed by atoms with Crippen molar-refractivity contribution in [2.24, 2.45) is 11.7 Å². The zero-order valence-electron chi connectivity index (χ0n) is 9.72. The molecule has 0 aromatic rings. The van der Waals surface area contributed by atoms with E-state index >= 15 is 0 Å². The highest BCUT2D eigenvalue weighted by molar-refractivity contribution is 5.73. The first-order valence-electron chi connectivity index (χ1n) is 5.99. The standard InChI is InChI=1S/C12H25NO/c1-3-5-6-7-9-11(8-4-2)10-12(13)14/h11H,3-10H2,1-2H3,(H2,13,14). The van der Waals surface area contributed by atoms with Crippen LogP contribution in [0.4, 0.5) is 0 Å². The van der Waals surface area contributed by atoms with Gasteiger partial charge in [0.2, 0.25) is 5.91 Å². The van der Waals surface area contributed by atoms with E-state index in [1.54, 1.807) is 0 Å². The quantitative estimate of drug-likeness (QED) is 0.569. The molecule has 84 valence electrons. The van der Waals surface area contributed by atoms with E-state index in [2.05, 4.69) is 13.8 Å². The Morgan fingerprint density at radius 2 is 1.79 bits per heavy atom. The van der Waals surface area contributed by atoms with Crippen LogP contribution in [0.25, 0.3) is 0 Å². The summed E-state index contributed by atoms with van der Waals surface area (Å²) in [5, 5.41) is 0. The predicted octanol–water partition coefficient (Wildman–Crippen LogP) is 3.25. The summed E-state index contributed by atoms with van der Waals surface area (Å²) in [6, 6.07) is 0. The highest BCUT2D eigenvalue weighted by atomic mass is 16.1. The number of hydrogen-bond acceptors (Lipinski definition) is 1. The topological polar surface area (TPSA) is 43.1 Å². The lowest BCUT2D eigenvalue weighted by molar-refractivity contribution is -0.119. The van der Waals surface area contributed by atoms with Gasteiger partial charge in [-0.05, 0) is 12.3 Å². The van der Waals surface area contributed by atoms with Crippen molar-refractivity contribution in [3.63, 3.8) is 0 Å². The third-order valence-electron chi connectivity index (χ3n) is 2.65. The minimum Gasteiger partial charge on any atom is -0.370 e. The largest absolute Gasteiger partial charge is 0.370 e. The number of nitrogens with two attached hydrogens (primary N) is 1. The third-order valence-corrected chi connectivity index (χ3v) is 2.65. The number of carbonyl (C=O) groups is 1. The molecule has 0 rings (SSSR count). The number of amides is 1. The molecule has 0 saturated heterocycles. The Kier molecular flexibility index (Phi) is 8.70. The summed E-state index contributed by atoms with van der Waals surface area (Å²) in [6.07, 6.45) is 9.21. The third kappa shape index (κ3) is 8.09. The highest BCUT2D eigenvalue weighted by Gasteiger charge is 2.10. The lowest BCUT2D eigenvalue weighted by atomic mass is 9.93. The minimum absolute atomic E-state index is 0.140. The Morgan fingerprint density at radius 1 is 1.07 bits per heavy atom. The molecule has 0 aliphatic heterocycles. The van der Waals surface area contributed by atoms with E-state index in [0.29, 0.717) is 12.3 Å². The molecule has 1 amide bonds. The van der Waals surface area contributed by atoms with Crippen molar-refractivity contribution in [2.45, 2.75) is 65.2 Å². The van der Waals surface area contributed by atoms with Gasteiger partial charge in [-0.3, -0.25) is 4.79 Å². The second kappa shape index (κ2) is 9.04. The molecule has 1 unspecified atom stereocenters. The molecule has 2 N–H and O–H groups in total. The van der Waals surface area contributed by atoms with Gasteiger partial charge in [0.05, 0.1) is 0 Å². The molecule has 2 nitrogen and oxygen atoms in total. The second-order valence-corrected chi connectivity index (χ2v) is 4.17. The smallest absolute Gasteiger partial charge is 0.217 e. The van der Waals surface area contributed by atoms with E-state index in [4.69, 9.17) is 5.73 Å². The molecule has 0 aromatic carbocycles. The average Bonchev–Trinajstić information content (AvgIpc) is 2.12. The first-order chi connectivity index (χ1) is 6.70. The van der Waals surface area contributed by atoms with Crippen LogP contribution in [0.3, 0.4) is 0 Å². The molecule has 2 heteroatoms. The SMILES string of the molecule is CCCCCCC(CCC)CC(N)=O. The van der Waals surface area contributed by atoms with Crippen LogP contribution < -0.4 is 5.73 Å². The van der Waals surface area contributed by atoms with Crippen molar-refractivity contribution in [1.82, 2.24) is 0 Å². The van der Waals surface area contributed by atoms with Crippen molar-refractivity contribution in [3.8, 4) is 0 Å². The van der Waals surface area contributed by atoms with Crippen LogP contribution in [0.5, 0.6) is 0 Å². The molecule has 14 heavy (non-hydrogen) atoms. The molecule has 0 aliphatic rings. The van der Waals surface area contributed by atoms with Crippen LogP contribution in [0, 0.1) is 5.92 Å². The van der Waals surface area contributed by atoms with Crippen molar-refractivity contribution in [3.05, 3.63) is 0 Å². The van der Waals surface area contributed by atoms with E-state index in [1.165, 1.54) is 32.1 Å². The van der Waals surface area contributed by atoms with E-state index in [9.17, 15) is 4.79 Å². The van der Waals surface area contributed by atoms with Crippen LogP contribution in [0.1, 0.15) is 65.2 Å². The van der Waals surface area contributed by atoms with Gasteiger partial charge in [0.1, 0.15) is 0 Å². The number of rotatable bonds is 9. The van der Waals surface area contributed by atoms with Crippen molar-refractivity contribution < 1.29 is 4.79 Å². The Bertz CT molecular complexity index is 145. The summed E-state index contributed by atoms with van der Waals surface area (Å²) < 4.78 is 0. The van der Waals surface area contributed by atoms with Crippen molar-refractivity contribution in [1.29, 1.82) is 0 Å². The molecule has 0 fully saturated rings. The molecular formula is C12H25NO.